The van der Waals surface area contributed by atoms with Gasteiger partial charge < -0.3 is 5.32 Å². The molecule has 0 spiro atoms. The van der Waals surface area contributed by atoms with E-state index < -0.39 is 5.54 Å². The van der Waals surface area contributed by atoms with Gasteiger partial charge in [-0.3, -0.25) is 4.79 Å². The van der Waals surface area contributed by atoms with Crippen molar-refractivity contribution in [3.8, 4) is 6.07 Å². The zero-order chi connectivity index (χ0) is 12.3. The normalized spacial score (nSPS) is 10.7. The summed E-state index contributed by atoms with van der Waals surface area (Å²) in [6, 6.07) is 6.50. The summed E-state index contributed by atoms with van der Waals surface area (Å²) in [5.74, 6) is -0.379. The molecule has 0 atom stereocenters. The molecule has 0 fully saturated rings. The number of carbonyl (C=O) groups is 1. The van der Waals surface area contributed by atoms with Gasteiger partial charge in [0, 0.05) is 15.6 Å². The highest BCUT2D eigenvalue weighted by Crippen LogP contribution is 2.19. The van der Waals surface area contributed by atoms with Crippen molar-refractivity contribution in [3.63, 3.8) is 0 Å². The molecule has 0 aromatic heterocycles. The van der Waals surface area contributed by atoms with Gasteiger partial charge in [-0.2, -0.15) is 5.26 Å². The molecule has 0 radical (unpaired) electrons. The molecule has 3 nitrogen and oxygen atoms in total. The number of rotatable bonds is 2. The molecule has 0 aliphatic carbocycles. The Morgan fingerprint density at radius 2 is 1.81 bits per heavy atom. The van der Waals surface area contributed by atoms with Gasteiger partial charge in [0.1, 0.15) is 5.54 Å². The molecule has 0 saturated heterocycles. The lowest BCUT2D eigenvalue weighted by Gasteiger charge is -2.17. The van der Waals surface area contributed by atoms with Crippen LogP contribution >= 0.6 is 23.2 Å². The van der Waals surface area contributed by atoms with Crippen LogP contribution in [-0.4, -0.2) is 11.4 Å². The Labute approximate surface area is 104 Å². The van der Waals surface area contributed by atoms with E-state index in [1.54, 1.807) is 13.8 Å². The average molecular weight is 257 g/mol. The van der Waals surface area contributed by atoms with Crippen molar-refractivity contribution in [2.45, 2.75) is 19.4 Å². The summed E-state index contributed by atoms with van der Waals surface area (Å²) >= 11 is 11.5. The lowest BCUT2D eigenvalue weighted by molar-refractivity contribution is 0.0929. The second-order valence-electron chi connectivity index (χ2n) is 3.85. The number of carbonyl (C=O) groups excluding carboxylic acids is 1. The second-order valence-corrected chi connectivity index (χ2v) is 4.72. The van der Waals surface area contributed by atoms with Crippen LogP contribution in [0.3, 0.4) is 0 Å². The molecule has 16 heavy (non-hydrogen) atoms. The van der Waals surface area contributed by atoms with E-state index in [0.717, 1.165) is 0 Å². The van der Waals surface area contributed by atoms with Crippen molar-refractivity contribution < 1.29 is 4.79 Å². The summed E-state index contributed by atoms with van der Waals surface area (Å²) in [4.78, 5) is 11.7. The Morgan fingerprint density at radius 3 is 2.25 bits per heavy atom. The monoisotopic (exact) mass is 256 g/mol. The molecule has 0 saturated carbocycles. The third kappa shape index (κ3) is 3.41. The van der Waals surface area contributed by atoms with Crippen LogP contribution in [0, 0.1) is 11.3 Å². The van der Waals surface area contributed by atoms with E-state index in [1.165, 1.54) is 18.2 Å². The summed E-state index contributed by atoms with van der Waals surface area (Å²) in [6.07, 6.45) is 0. The SMILES string of the molecule is CC(C)(C#N)NC(=O)c1cc(Cl)cc(Cl)c1. The van der Waals surface area contributed by atoms with Gasteiger partial charge in [-0.25, -0.2) is 0 Å². The first-order chi connectivity index (χ1) is 7.34. The highest BCUT2D eigenvalue weighted by atomic mass is 35.5. The molecule has 1 aromatic rings. The Kier molecular flexibility index (Phi) is 3.79. The predicted molar refractivity (Wildman–Crippen MR) is 63.6 cm³/mol. The number of nitriles is 1. The minimum absolute atomic E-state index is 0.334. The van der Waals surface area contributed by atoms with Gasteiger partial charge >= 0.3 is 0 Å². The summed E-state index contributed by atoms with van der Waals surface area (Å²) < 4.78 is 0. The molecule has 1 amide bonds. The van der Waals surface area contributed by atoms with Crippen molar-refractivity contribution in [3.05, 3.63) is 33.8 Å². The lowest BCUT2D eigenvalue weighted by atomic mass is 10.1. The van der Waals surface area contributed by atoms with Crippen molar-refractivity contribution in [1.29, 1.82) is 5.26 Å². The van der Waals surface area contributed by atoms with Gasteiger partial charge in [-0.05, 0) is 32.0 Å². The third-order valence-corrected chi connectivity index (χ3v) is 2.27. The van der Waals surface area contributed by atoms with E-state index in [9.17, 15) is 4.79 Å². The Balaban J connectivity index is 2.94. The van der Waals surface area contributed by atoms with Gasteiger partial charge in [0.25, 0.3) is 5.91 Å². The molecule has 0 bridgehead atoms. The minimum atomic E-state index is -0.925. The zero-order valence-corrected chi connectivity index (χ0v) is 10.4. The molecule has 5 heteroatoms. The first kappa shape index (κ1) is 12.8. The standard InChI is InChI=1S/C11H10Cl2N2O/c1-11(2,6-14)15-10(16)7-3-8(12)5-9(13)4-7/h3-5H,1-2H3,(H,15,16). The Hall–Kier alpha value is -1.24. The zero-order valence-electron chi connectivity index (χ0n) is 8.84. The van der Waals surface area contributed by atoms with E-state index in [4.69, 9.17) is 28.5 Å². The number of benzene rings is 1. The smallest absolute Gasteiger partial charge is 0.252 e. The minimum Gasteiger partial charge on any atom is -0.334 e. The fourth-order valence-corrected chi connectivity index (χ4v) is 1.59. The number of hydrogen-bond acceptors (Lipinski definition) is 2. The summed E-state index contributed by atoms with van der Waals surface area (Å²) in [5, 5.41) is 12.1. The number of amides is 1. The predicted octanol–water partition coefficient (Wildman–Crippen LogP) is 3.03. The topological polar surface area (TPSA) is 52.9 Å². The lowest BCUT2D eigenvalue weighted by Crippen LogP contribution is -2.42. The molecule has 84 valence electrons. The molecule has 0 aliphatic rings. The van der Waals surface area contributed by atoms with Gasteiger partial charge in [0.15, 0.2) is 0 Å². The van der Waals surface area contributed by atoms with E-state index in [0.29, 0.717) is 15.6 Å². The molecule has 1 N–H and O–H groups in total. The quantitative estimate of drug-likeness (QED) is 0.885. The number of nitrogens with one attached hydrogen (secondary N) is 1. The van der Waals surface area contributed by atoms with Crippen molar-refractivity contribution in [1.82, 2.24) is 5.32 Å². The van der Waals surface area contributed by atoms with Crippen LogP contribution in [-0.2, 0) is 0 Å². The van der Waals surface area contributed by atoms with E-state index in [-0.39, 0.29) is 5.91 Å². The van der Waals surface area contributed by atoms with Crippen LogP contribution in [0.5, 0.6) is 0 Å². The highest BCUT2D eigenvalue weighted by Gasteiger charge is 2.20. The van der Waals surface area contributed by atoms with Crippen LogP contribution in [0.2, 0.25) is 10.0 Å². The molecule has 0 aliphatic heterocycles. The van der Waals surface area contributed by atoms with Crippen molar-refractivity contribution in [2.24, 2.45) is 0 Å². The summed E-state index contributed by atoms with van der Waals surface area (Å²) in [7, 11) is 0. The number of hydrogen-bond donors (Lipinski definition) is 1. The van der Waals surface area contributed by atoms with Crippen LogP contribution in [0.1, 0.15) is 24.2 Å². The van der Waals surface area contributed by atoms with Crippen LogP contribution < -0.4 is 5.32 Å². The van der Waals surface area contributed by atoms with Crippen LogP contribution in [0.25, 0.3) is 0 Å². The molecule has 0 heterocycles. The van der Waals surface area contributed by atoms with E-state index >= 15 is 0 Å². The largest absolute Gasteiger partial charge is 0.334 e. The maximum absolute atomic E-state index is 11.7. The fourth-order valence-electron chi connectivity index (χ4n) is 1.07. The highest BCUT2D eigenvalue weighted by molar-refractivity contribution is 6.35. The molecule has 0 unspecified atom stereocenters. The van der Waals surface area contributed by atoms with Crippen molar-refractivity contribution in [2.75, 3.05) is 0 Å². The summed E-state index contributed by atoms with van der Waals surface area (Å²) in [6.45, 7) is 3.22. The first-order valence-electron chi connectivity index (χ1n) is 4.54. The van der Waals surface area contributed by atoms with Gasteiger partial charge in [-0.15, -0.1) is 0 Å². The second kappa shape index (κ2) is 4.73. The van der Waals surface area contributed by atoms with Gasteiger partial charge in [0.2, 0.25) is 0 Å². The average Bonchev–Trinajstić information content (AvgIpc) is 2.15. The third-order valence-electron chi connectivity index (χ3n) is 1.83. The number of nitrogens with zero attached hydrogens (tertiary/aromatic N) is 1. The van der Waals surface area contributed by atoms with Gasteiger partial charge in [0.05, 0.1) is 6.07 Å². The van der Waals surface area contributed by atoms with Crippen molar-refractivity contribution >= 4 is 29.1 Å². The van der Waals surface area contributed by atoms with Crippen LogP contribution in [0.15, 0.2) is 18.2 Å². The molecular formula is C11H10Cl2N2O. The molecule has 1 rings (SSSR count). The molecule has 1 aromatic carbocycles. The maximum Gasteiger partial charge on any atom is 0.252 e. The van der Waals surface area contributed by atoms with E-state index in [2.05, 4.69) is 5.32 Å². The number of halogens is 2. The summed E-state index contributed by atoms with van der Waals surface area (Å²) in [5.41, 5.74) is -0.591. The van der Waals surface area contributed by atoms with Gasteiger partial charge in [-0.1, -0.05) is 23.2 Å². The van der Waals surface area contributed by atoms with Crippen LogP contribution in [0.4, 0.5) is 0 Å². The Morgan fingerprint density at radius 1 is 1.31 bits per heavy atom. The Bertz CT molecular complexity index is 443. The fraction of sp³-hybridized carbons (Fsp3) is 0.273. The first-order valence-corrected chi connectivity index (χ1v) is 5.29. The van der Waals surface area contributed by atoms with E-state index in [1.807, 2.05) is 6.07 Å². The molecular weight excluding hydrogens is 247 g/mol. The maximum atomic E-state index is 11.7.